The number of furan rings is 1. The van der Waals surface area contributed by atoms with Gasteiger partial charge in [0.05, 0.1) is 5.75 Å². The minimum atomic E-state index is -0.266. The summed E-state index contributed by atoms with van der Waals surface area (Å²) < 4.78 is 18.8. The van der Waals surface area contributed by atoms with Crippen molar-refractivity contribution in [3.8, 4) is 11.5 Å². The first-order valence-electron chi connectivity index (χ1n) is 8.55. The molecule has 0 bridgehead atoms. The van der Waals surface area contributed by atoms with E-state index < -0.39 is 0 Å². The van der Waals surface area contributed by atoms with Crippen molar-refractivity contribution in [2.75, 3.05) is 13.2 Å². The van der Waals surface area contributed by atoms with Gasteiger partial charge in [-0.3, -0.25) is 4.79 Å². The van der Waals surface area contributed by atoms with Crippen molar-refractivity contribution in [3.63, 3.8) is 0 Å². The van der Waals surface area contributed by atoms with Crippen LogP contribution in [-0.2, 0) is 19.3 Å². The molecule has 7 nitrogen and oxygen atoms in total. The van der Waals surface area contributed by atoms with Crippen molar-refractivity contribution in [3.05, 3.63) is 59.8 Å². The Balaban J connectivity index is 1.35. The van der Waals surface area contributed by atoms with Crippen LogP contribution in [0.5, 0.6) is 11.5 Å². The molecule has 0 aliphatic carbocycles. The van der Waals surface area contributed by atoms with E-state index in [-0.39, 0.29) is 11.7 Å². The van der Waals surface area contributed by atoms with Crippen LogP contribution in [0.3, 0.4) is 0 Å². The summed E-state index contributed by atoms with van der Waals surface area (Å²) in [5.74, 6) is 2.75. The molecule has 1 N–H and O–H groups in total. The van der Waals surface area contributed by atoms with Crippen LogP contribution < -0.4 is 14.8 Å². The lowest BCUT2D eigenvalue weighted by Crippen LogP contribution is -2.24. The Morgan fingerprint density at radius 3 is 3.00 bits per heavy atom. The van der Waals surface area contributed by atoms with Crippen LogP contribution in [0.2, 0.25) is 0 Å². The van der Waals surface area contributed by atoms with E-state index in [0.29, 0.717) is 37.0 Å². The van der Waals surface area contributed by atoms with E-state index in [1.54, 1.807) is 24.0 Å². The third-order valence-electron chi connectivity index (χ3n) is 4.09. The Morgan fingerprint density at radius 1 is 1.26 bits per heavy atom. The zero-order valence-corrected chi connectivity index (χ0v) is 15.6. The fourth-order valence-electron chi connectivity index (χ4n) is 2.74. The van der Waals surface area contributed by atoms with Crippen LogP contribution in [0.4, 0.5) is 0 Å². The molecule has 140 valence electrons. The topological polar surface area (TPSA) is 78.5 Å². The minimum Gasteiger partial charge on any atom is -0.486 e. The summed E-state index contributed by atoms with van der Waals surface area (Å²) in [5.41, 5.74) is 0.873. The van der Waals surface area contributed by atoms with Crippen molar-refractivity contribution < 1.29 is 18.7 Å². The molecule has 8 heteroatoms. The number of amides is 1. The van der Waals surface area contributed by atoms with E-state index in [0.717, 1.165) is 16.5 Å². The molecule has 3 heterocycles. The number of imidazole rings is 1. The van der Waals surface area contributed by atoms with Gasteiger partial charge in [0.15, 0.2) is 22.4 Å². The zero-order chi connectivity index (χ0) is 18.6. The van der Waals surface area contributed by atoms with Crippen LogP contribution in [0.1, 0.15) is 21.9 Å². The molecular weight excluding hydrogens is 366 g/mol. The van der Waals surface area contributed by atoms with Gasteiger partial charge in [-0.1, -0.05) is 23.9 Å². The SMILES string of the molecule is Cn1ccnc1SCc1ccc(C(=O)NCc2cccc3c2OCCO3)o1. The fourth-order valence-corrected chi connectivity index (χ4v) is 3.57. The van der Waals surface area contributed by atoms with Crippen molar-refractivity contribution in [1.82, 2.24) is 14.9 Å². The molecule has 0 atom stereocenters. The number of carbonyl (C=O) groups excluding carboxylic acids is 1. The minimum absolute atomic E-state index is 0.266. The number of nitrogens with zero attached hydrogens (tertiary/aromatic N) is 2. The lowest BCUT2D eigenvalue weighted by Gasteiger charge is -2.20. The molecule has 27 heavy (non-hydrogen) atoms. The highest BCUT2D eigenvalue weighted by molar-refractivity contribution is 7.98. The molecule has 0 unspecified atom stereocenters. The van der Waals surface area contributed by atoms with Gasteiger partial charge in [-0.25, -0.2) is 4.98 Å². The second-order valence-corrected chi connectivity index (χ2v) is 6.94. The number of para-hydroxylation sites is 1. The smallest absolute Gasteiger partial charge is 0.287 e. The van der Waals surface area contributed by atoms with E-state index in [4.69, 9.17) is 13.9 Å². The molecule has 1 aromatic carbocycles. The first-order chi connectivity index (χ1) is 13.2. The van der Waals surface area contributed by atoms with Gasteiger partial charge in [0.1, 0.15) is 19.0 Å². The number of nitrogens with one attached hydrogen (secondary N) is 1. The quantitative estimate of drug-likeness (QED) is 0.657. The first kappa shape index (κ1) is 17.5. The summed E-state index contributed by atoms with van der Waals surface area (Å²) in [5, 5.41) is 3.76. The number of aryl methyl sites for hydroxylation is 1. The molecule has 0 saturated heterocycles. The second kappa shape index (κ2) is 7.79. The van der Waals surface area contributed by atoms with Crippen LogP contribution in [0.15, 0.2) is 52.3 Å². The molecule has 1 amide bonds. The zero-order valence-electron chi connectivity index (χ0n) is 14.8. The van der Waals surface area contributed by atoms with E-state index in [1.807, 2.05) is 42.1 Å². The predicted molar refractivity (Wildman–Crippen MR) is 100 cm³/mol. The van der Waals surface area contributed by atoms with Gasteiger partial charge in [0.25, 0.3) is 5.91 Å². The summed E-state index contributed by atoms with van der Waals surface area (Å²) in [6.45, 7) is 1.38. The summed E-state index contributed by atoms with van der Waals surface area (Å²) >= 11 is 1.55. The summed E-state index contributed by atoms with van der Waals surface area (Å²) in [6.07, 6.45) is 3.64. The summed E-state index contributed by atoms with van der Waals surface area (Å²) in [6, 6.07) is 9.15. The lowest BCUT2D eigenvalue weighted by molar-refractivity contribution is 0.0920. The molecule has 0 spiro atoms. The lowest BCUT2D eigenvalue weighted by atomic mass is 10.1. The number of aromatic nitrogens is 2. The van der Waals surface area contributed by atoms with Crippen molar-refractivity contribution >= 4 is 17.7 Å². The van der Waals surface area contributed by atoms with E-state index in [9.17, 15) is 4.79 Å². The highest BCUT2D eigenvalue weighted by atomic mass is 32.2. The molecule has 1 aliphatic rings. The van der Waals surface area contributed by atoms with Crippen molar-refractivity contribution in [2.45, 2.75) is 17.5 Å². The Morgan fingerprint density at radius 2 is 2.15 bits per heavy atom. The van der Waals surface area contributed by atoms with E-state index in [2.05, 4.69) is 10.3 Å². The highest BCUT2D eigenvalue weighted by Crippen LogP contribution is 2.33. The average Bonchev–Trinajstić information content (AvgIpc) is 3.33. The number of benzene rings is 1. The number of thioether (sulfide) groups is 1. The largest absolute Gasteiger partial charge is 0.486 e. The van der Waals surface area contributed by atoms with E-state index in [1.165, 1.54) is 0 Å². The predicted octanol–water partition coefficient (Wildman–Crippen LogP) is 3.01. The summed E-state index contributed by atoms with van der Waals surface area (Å²) in [4.78, 5) is 16.6. The number of fused-ring (bicyclic) bond motifs is 1. The van der Waals surface area contributed by atoms with E-state index >= 15 is 0 Å². The van der Waals surface area contributed by atoms with Gasteiger partial charge < -0.3 is 23.8 Å². The second-order valence-electron chi connectivity index (χ2n) is 6.00. The van der Waals surface area contributed by atoms with Gasteiger partial charge in [-0.15, -0.1) is 0 Å². The monoisotopic (exact) mass is 385 g/mol. The standard InChI is InChI=1S/C19H19N3O4S/c1-22-8-7-20-19(22)27-12-14-5-6-16(26-14)18(23)21-11-13-3-2-4-15-17(13)25-10-9-24-15/h2-8H,9-12H2,1H3,(H,21,23). The summed E-state index contributed by atoms with van der Waals surface area (Å²) in [7, 11) is 1.94. The van der Waals surface area contributed by atoms with Gasteiger partial charge in [0, 0.05) is 31.5 Å². The average molecular weight is 385 g/mol. The molecule has 3 aromatic rings. The van der Waals surface area contributed by atoms with Gasteiger partial charge in [-0.2, -0.15) is 0 Å². The molecule has 0 saturated carbocycles. The maximum Gasteiger partial charge on any atom is 0.287 e. The van der Waals surface area contributed by atoms with Crippen LogP contribution >= 0.6 is 11.8 Å². The molecule has 0 radical (unpaired) electrons. The molecule has 4 rings (SSSR count). The maximum absolute atomic E-state index is 12.4. The van der Waals surface area contributed by atoms with Crippen LogP contribution in [0.25, 0.3) is 0 Å². The van der Waals surface area contributed by atoms with Gasteiger partial charge in [-0.05, 0) is 18.2 Å². The Bertz CT molecular complexity index is 950. The van der Waals surface area contributed by atoms with Crippen LogP contribution in [-0.4, -0.2) is 28.7 Å². The van der Waals surface area contributed by atoms with Crippen LogP contribution in [0, 0.1) is 0 Å². The molecule has 1 aliphatic heterocycles. The van der Waals surface area contributed by atoms with Gasteiger partial charge >= 0.3 is 0 Å². The third kappa shape index (κ3) is 3.95. The number of ether oxygens (including phenoxy) is 2. The Labute approximate surface area is 160 Å². The molecular formula is C19H19N3O4S. The van der Waals surface area contributed by atoms with Crippen molar-refractivity contribution in [1.29, 1.82) is 0 Å². The van der Waals surface area contributed by atoms with Gasteiger partial charge in [0.2, 0.25) is 0 Å². The molecule has 2 aromatic heterocycles. The normalized spacial score (nSPS) is 12.8. The number of rotatable bonds is 6. The maximum atomic E-state index is 12.4. The van der Waals surface area contributed by atoms with Crippen molar-refractivity contribution in [2.24, 2.45) is 7.05 Å². The molecule has 0 fully saturated rings. The third-order valence-corrected chi connectivity index (χ3v) is 5.17. The Hall–Kier alpha value is -2.87. The fraction of sp³-hybridized carbons (Fsp3) is 0.263. The first-order valence-corrected chi connectivity index (χ1v) is 9.54. The number of carbonyl (C=O) groups is 1. The Kier molecular flexibility index (Phi) is 5.06. The highest BCUT2D eigenvalue weighted by Gasteiger charge is 2.17. The number of hydrogen-bond acceptors (Lipinski definition) is 6. The number of hydrogen-bond donors (Lipinski definition) is 1.